The molecule has 0 aliphatic rings. The molecule has 0 aliphatic carbocycles. The van der Waals surface area contributed by atoms with Gasteiger partial charge in [-0.15, -0.1) is 0 Å². The van der Waals surface area contributed by atoms with Crippen molar-refractivity contribution in [3.05, 3.63) is 51.8 Å². The third-order valence-corrected chi connectivity index (χ3v) is 3.18. The van der Waals surface area contributed by atoms with E-state index >= 15 is 0 Å². The monoisotopic (exact) mass is 314 g/mol. The molecular formula is C17H18N2O4. The number of benzene rings is 1. The van der Waals surface area contributed by atoms with Gasteiger partial charge >= 0.3 is 5.97 Å². The molecule has 120 valence electrons. The summed E-state index contributed by atoms with van der Waals surface area (Å²) in [5.74, 6) is -0.745. The highest BCUT2D eigenvalue weighted by Gasteiger charge is 2.13. The molecule has 0 saturated carbocycles. The van der Waals surface area contributed by atoms with E-state index in [1.54, 1.807) is 31.2 Å². The van der Waals surface area contributed by atoms with Gasteiger partial charge in [-0.1, -0.05) is 18.2 Å². The molecular weight excluding hydrogens is 296 g/mol. The first-order valence-corrected chi connectivity index (χ1v) is 7.26. The van der Waals surface area contributed by atoms with Crippen molar-refractivity contribution >= 4 is 28.9 Å². The number of carbonyl (C=O) groups is 2. The molecule has 0 atom stereocenters. The van der Waals surface area contributed by atoms with Gasteiger partial charge in [0.15, 0.2) is 0 Å². The van der Waals surface area contributed by atoms with Gasteiger partial charge in [-0.25, -0.2) is 4.79 Å². The molecule has 1 aromatic carbocycles. The molecule has 0 spiro atoms. The molecule has 1 amide bonds. The fraction of sp³-hybridized carbons (Fsp3) is 0.235. The second-order valence-electron chi connectivity index (χ2n) is 4.90. The quantitative estimate of drug-likeness (QED) is 0.824. The fourth-order valence-electron chi connectivity index (χ4n) is 2.10. The molecule has 0 fully saturated rings. The van der Waals surface area contributed by atoms with Crippen LogP contribution in [0.1, 0.15) is 29.8 Å². The van der Waals surface area contributed by atoms with Crippen molar-refractivity contribution < 1.29 is 14.3 Å². The molecule has 1 aromatic heterocycles. The summed E-state index contributed by atoms with van der Waals surface area (Å²) in [6.45, 7) is 3.75. The summed E-state index contributed by atoms with van der Waals surface area (Å²) in [7, 11) is 0. The summed E-state index contributed by atoms with van der Waals surface area (Å²) in [4.78, 5) is 37.9. The van der Waals surface area contributed by atoms with E-state index in [9.17, 15) is 14.4 Å². The van der Waals surface area contributed by atoms with Gasteiger partial charge < -0.3 is 15.0 Å². The average molecular weight is 314 g/mol. The van der Waals surface area contributed by atoms with Crippen molar-refractivity contribution in [3.63, 3.8) is 0 Å². The van der Waals surface area contributed by atoms with Crippen molar-refractivity contribution in [2.75, 3.05) is 13.2 Å². The summed E-state index contributed by atoms with van der Waals surface area (Å²) in [5, 5.41) is 3.06. The highest BCUT2D eigenvalue weighted by Crippen LogP contribution is 2.13. The first kappa shape index (κ1) is 16.5. The van der Waals surface area contributed by atoms with Crippen molar-refractivity contribution in [1.29, 1.82) is 0 Å². The molecule has 0 radical (unpaired) electrons. The molecule has 0 bridgehead atoms. The number of carbonyl (C=O) groups excluding carboxylic acids is 2. The normalized spacial score (nSPS) is 10.9. The van der Waals surface area contributed by atoms with Crippen LogP contribution in [0, 0.1) is 0 Å². The van der Waals surface area contributed by atoms with Gasteiger partial charge in [-0.2, -0.15) is 0 Å². The lowest BCUT2D eigenvalue weighted by atomic mass is 10.1. The van der Waals surface area contributed by atoms with E-state index in [0.717, 1.165) is 5.56 Å². The van der Waals surface area contributed by atoms with Gasteiger partial charge in [0, 0.05) is 30.6 Å². The minimum Gasteiger partial charge on any atom is -0.462 e. The number of hydrogen-bond donors (Lipinski definition) is 2. The maximum absolute atomic E-state index is 12.4. The number of ether oxygens (including phenoxy) is 1. The first-order chi connectivity index (χ1) is 11.0. The van der Waals surface area contributed by atoms with Crippen molar-refractivity contribution in [1.82, 2.24) is 10.3 Å². The van der Waals surface area contributed by atoms with E-state index in [1.807, 2.05) is 6.07 Å². The third-order valence-electron chi connectivity index (χ3n) is 3.18. The number of amides is 1. The fourth-order valence-corrected chi connectivity index (χ4v) is 2.10. The van der Waals surface area contributed by atoms with Crippen LogP contribution in [-0.4, -0.2) is 30.0 Å². The van der Waals surface area contributed by atoms with E-state index in [4.69, 9.17) is 4.74 Å². The molecule has 1 heterocycles. The smallest absolute Gasteiger partial charge is 0.343 e. The number of rotatable bonds is 5. The van der Waals surface area contributed by atoms with Crippen LogP contribution in [0.15, 0.2) is 35.3 Å². The Bertz CT molecular complexity index is 821. The zero-order valence-corrected chi connectivity index (χ0v) is 13.0. The van der Waals surface area contributed by atoms with Crippen LogP contribution in [0.25, 0.3) is 17.0 Å². The van der Waals surface area contributed by atoms with Gasteiger partial charge in [0.25, 0.3) is 0 Å². The van der Waals surface area contributed by atoms with Crippen LogP contribution in [0.3, 0.4) is 0 Å². The van der Waals surface area contributed by atoms with Crippen LogP contribution < -0.4 is 10.7 Å². The van der Waals surface area contributed by atoms with E-state index in [1.165, 1.54) is 13.1 Å². The Morgan fingerprint density at radius 2 is 2.13 bits per heavy atom. The third kappa shape index (κ3) is 4.06. The first-order valence-electron chi connectivity index (χ1n) is 7.26. The second kappa shape index (κ2) is 7.40. The van der Waals surface area contributed by atoms with E-state index in [-0.39, 0.29) is 23.5 Å². The highest BCUT2D eigenvalue weighted by atomic mass is 16.5. The molecule has 6 nitrogen and oxygen atoms in total. The lowest BCUT2D eigenvalue weighted by Crippen LogP contribution is -2.19. The van der Waals surface area contributed by atoms with Crippen molar-refractivity contribution in [2.45, 2.75) is 13.8 Å². The Kier molecular flexibility index (Phi) is 5.30. The molecule has 2 aromatic rings. The largest absolute Gasteiger partial charge is 0.462 e. The lowest BCUT2D eigenvalue weighted by Gasteiger charge is -2.04. The summed E-state index contributed by atoms with van der Waals surface area (Å²) in [5.41, 5.74) is 1.06. The lowest BCUT2D eigenvalue weighted by molar-refractivity contribution is -0.118. The second-order valence-corrected chi connectivity index (χ2v) is 4.90. The van der Waals surface area contributed by atoms with Gasteiger partial charge in [-0.05, 0) is 24.6 Å². The van der Waals surface area contributed by atoms with Crippen LogP contribution in [0.4, 0.5) is 0 Å². The number of aromatic nitrogens is 1. The number of aromatic amines is 1. The maximum Gasteiger partial charge on any atom is 0.343 e. The van der Waals surface area contributed by atoms with Crippen LogP contribution >= 0.6 is 0 Å². The minimum absolute atomic E-state index is 0.0151. The SMILES string of the molecule is CCOC(=O)c1c[nH]c2ccc(C=CCNC(C)=O)cc2c1=O. The molecule has 6 heteroatoms. The highest BCUT2D eigenvalue weighted by molar-refractivity contribution is 5.93. The predicted molar refractivity (Wildman–Crippen MR) is 88.2 cm³/mol. The number of nitrogens with one attached hydrogen (secondary N) is 2. The Hall–Kier alpha value is -2.89. The summed E-state index contributed by atoms with van der Waals surface area (Å²) in [6, 6.07) is 5.30. The van der Waals surface area contributed by atoms with Gasteiger partial charge in [0.1, 0.15) is 5.56 Å². The summed E-state index contributed by atoms with van der Waals surface area (Å²) < 4.78 is 4.88. The Morgan fingerprint density at radius 1 is 1.35 bits per heavy atom. The Labute approximate surface area is 133 Å². The van der Waals surface area contributed by atoms with Crippen LogP contribution in [0.5, 0.6) is 0 Å². The number of hydrogen-bond acceptors (Lipinski definition) is 4. The molecule has 0 unspecified atom stereocenters. The van der Waals surface area contributed by atoms with Gasteiger partial charge in [0.2, 0.25) is 11.3 Å². The predicted octanol–water partition coefficient (Wildman–Crippen LogP) is 1.85. The van der Waals surface area contributed by atoms with Gasteiger partial charge in [-0.3, -0.25) is 9.59 Å². The number of fused-ring (bicyclic) bond motifs is 1. The standard InChI is InChI=1S/C17H18N2O4/c1-3-23-17(22)14-10-19-15-7-6-12(9-13(15)16(14)21)5-4-8-18-11(2)20/h4-7,9-10H,3,8H2,1-2H3,(H,18,20)(H,19,21). The van der Waals surface area contributed by atoms with E-state index in [2.05, 4.69) is 10.3 Å². The summed E-state index contributed by atoms with van der Waals surface area (Å²) >= 11 is 0. The van der Waals surface area contributed by atoms with Crippen molar-refractivity contribution in [3.8, 4) is 0 Å². The molecule has 0 aliphatic heterocycles. The minimum atomic E-state index is -0.637. The number of esters is 1. The van der Waals surface area contributed by atoms with Crippen molar-refractivity contribution in [2.24, 2.45) is 0 Å². The molecule has 2 rings (SSSR count). The zero-order chi connectivity index (χ0) is 16.8. The topological polar surface area (TPSA) is 88.3 Å². The Balaban J connectivity index is 2.33. The van der Waals surface area contributed by atoms with E-state index < -0.39 is 5.97 Å². The average Bonchev–Trinajstić information content (AvgIpc) is 2.52. The van der Waals surface area contributed by atoms with Crippen LogP contribution in [0.2, 0.25) is 0 Å². The summed E-state index contributed by atoms with van der Waals surface area (Å²) in [6.07, 6.45) is 4.95. The molecule has 0 saturated heterocycles. The van der Waals surface area contributed by atoms with Gasteiger partial charge in [0.05, 0.1) is 6.61 Å². The molecule has 23 heavy (non-hydrogen) atoms. The zero-order valence-electron chi connectivity index (χ0n) is 13.0. The number of H-pyrrole nitrogens is 1. The maximum atomic E-state index is 12.4. The van der Waals surface area contributed by atoms with E-state index in [0.29, 0.717) is 17.4 Å². The number of pyridine rings is 1. The Morgan fingerprint density at radius 3 is 2.83 bits per heavy atom. The molecule has 2 N–H and O–H groups in total. The van der Waals surface area contributed by atoms with Crippen LogP contribution in [-0.2, 0) is 9.53 Å².